The van der Waals surface area contributed by atoms with Crippen LogP contribution < -0.4 is 5.32 Å². The van der Waals surface area contributed by atoms with E-state index in [-0.39, 0.29) is 6.04 Å². The van der Waals surface area contributed by atoms with Crippen LogP contribution in [-0.4, -0.2) is 42.1 Å². The van der Waals surface area contributed by atoms with Crippen molar-refractivity contribution in [3.63, 3.8) is 0 Å². The van der Waals surface area contributed by atoms with Crippen molar-refractivity contribution in [1.82, 2.24) is 10.2 Å². The van der Waals surface area contributed by atoms with E-state index in [1.54, 1.807) is 0 Å². The second kappa shape index (κ2) is 7.17. The first-order valence-electron chi connectivity index (χ1n) is 6.21. The summed E-state index contributed by atoms with van der Waals surface area (Å²) in [6.07, 6.45) is 5.52. The van der Waals surface area contributed by atoms with E-state index in [2.05, 4.69) is 25.4 Å². The minimum Gasteiger partial charge on any atom is -0.329 e. The maximum Gasteiger partial charge on any atom is 0.241 e. The molecule has 0 aromatic heterocycles. The van der Waals surface area contributed by atoms with Crippen LogP contribution in [0, 0.1) is 5.92 Å². The molecule has 4 heteroatoms. The molecular formula is C12H24N2OS. The Hall–Kier alpha value is -0.220. The number of carbonyl (C=O) groups excluding carboxylic acids is 1. The third-order valence-electron chi connectivity index (χ3n) is 3.32. The summed E-state index contributed by atoms with van der Waals surface area (Å²) < 4.78 is 0. The number of nitrogens with zero attached hydrogens (tertiary/aromatic N) is 1. The average molecular weight is 244 g/mol. The van der Waals surface area contributed by atoms with Crippen LogP contribution in [0.15, 0.2) is 0 Å². The van der Waals surface area contributed by atoms with Gasteiger partial charge in [-0.25, -0.2) is 0 Å². The van der Waals surface area contributed by atoms with Gasteiger partial charge in [-0.2, -0.15) is 11.8 Å². The fraction of sp³-hybridized carbons (Fsp3) is 0.917. The number of unbranched alkanes of at least 4 members (excludes halogenated alkanes) is 1. The van der Waals surface area contributed by atoms with Crippen LogP contribution >= 0.6 is 11.8 Å². The molecule has 0 spiro atoms. The van der Waals surface area contributed by atoms with Crippen LogP contribution in [0.5, 0.6) is 0 Å². The zero-order chi connectivity index (χ0) is 12.0. The molecule has 16 heavy (non-hydrogen) atoms. The predicted octanol–water partition coefficient (Wildman–Crippen LogP) is 1.93. The van der Waals surface area contributed by atoms with Crippen LogP contribution in [0.3, 0.4) is 0 Å². The molecule has 0 aromatic carbocycles. The van der Waals surface area contributed by atoms with Crippen molar-refractivity contribution in [1.29, 1.82) is 0 Å². The Labute approximate surface area is 103 Å². The van der Waals surface area contributed by atoms with Crippen LogP contribution in [0.25, 0.3) is 0 Å². The van der Waals surface area contributed by atoms with Gasteiger partial charge in [0.05, 0.1) is 12.7 Å². The van der Waals surface area contributed by atoms with E-state index >= 15 is 0 Å². The number of carbonyl (C=O) groups is 1. The van der Waals surface area contributed by atoms with E-state index in [0.29, 0.717) is 11.8 Å². The molecule has 0 bridgehead atoms. The van der Waals surface area contributed by atoms with Crippen molar-refractivity contribution in [2.75, 3.05) is 25.2 Å². The predicted molar refractivity (Wildman–Crippen MR) is 70.6 cm³/mol. The summed E-state index contributed by atoms with van der Waals surface area (Å²) in [4.78, 5) is 14.0. The summed E-state index contributed by atoms with van der Waals surface area (Å²) in [5.41, 5.74) is 0. The summed E-state index contributed by atoms with van der Waals surface area (Å²) in [5.74, 6) is 1.95. The van der Waals surface area contributed by atoms with Crippen molar-refractivity contribution < 1.29 is 4.79 Å². The van der Waals surface area contributed by atoms with Gasteiger partial charge < -0.3 is 4.90 Å². The molecule has 1 N–H and O–H groups in total. The lowest BCUT2D eigenvalue weighted by Crippen LogP contribution is -2.35. The first kappa shape index (κ1) is 13.8. The van der Waals surface area contributed by atoms with Gasteiger partial charge in [-0.1, -0.05) is 20.3 Å². The molecule has 0 aromatic rings. The fourth-order valence-electron chi connectivity index (χ4n) is 1.99. The summed E-state index contributed by atoms with van der Waals surface area (Å²) in [7, 11) is 0. The van der Waals surface area contributed by atoms with E-state index in [9.17, 15) is 4.79 Å². The summed E-state index contributed by atoms with van der Waals surface area (Å²) >= 11 is 1.87. The van der Waals surface area contributed by atoms with Gasteiger partial charge in [0, 0.05) is 6.54 Å². The molecule has 1 amide bonds. The zero-order valence-electron chi connectivity index (χ0n) is 10.7. The molecule has 1 rings (SSSR count). The maximum absolute atomic E-state index is 12.0. The number of hydrogen-bond donors (Lipinski definition) is 1. The molecule has 1 saturated heterocycles. The standard InChI is InChI=1S/C12H24N2OS/c1-4-10(2)11-12(15)14(9-13-11)7-5-6-8-16-3/h10-11,13H,4-9H2,1-3H3. The van der Waals surface area contributed by atoms with Crippen molar-refractivity contribution in [3.8, 4) is 0 Å². The van der Waals surface area contributed by atoms with Crippen molar-refractivity contribution in [2.24, 2.45) is 5.92 Å². The number of nitrogens with one attached hydrogen (secondary N) is 1. The average Bonchev–Trinajstić information content (AvgIpc) is 2.65. The molecule has 0 radical (unpaired) electrons. The minimum atomic E-state index is 0.0607. The van der Waals surface area contributed by atoms with E-state index in [4.69, 9.17) is 0 Å². The lowest BCUT2D eigenvalue weighted by atomic mass is 9.99. The summed E-state index contributed by atoms with van der Waals surface area (Å²) in [6, 6.07) is 0.0607. The first-order valence-corrected chi connectivity index (χ1v) is 7.61. The van der Waals surface area contributed by atoms with Crippen LogP contribution in [0.4, 0.5) is 0 Å². The second-order valence-corrected chi connectivity index (χ2v) is 5.51. The topological polar surface area (TPSA) is 32.3 Å². The Bertz CT molecular complexity index is 223. The highest BCUT2D eigenvalue weighted by Gasteiger charge is 2.33. The Morgan fingerprint density at radius 3 is 2.94 bits per heavy atom. The Balaban J connectivity index is 2.28. The van der Waals surface area contributed by atoms with Gasteiger partial charge in [0.1, 0.15) is 0 Å². The smallest absolute Gasteiger partial charge is 0.241 e. The normalized spacial score (nSPS) is 22.8. The highest BCUT2D eigenvalue weighted by Crippen LogP contribution is 2.15. The number of hydrogen-bond acceptors (Lipinski definition) is 3. The highest BCUT2D eigenvalue weighted by atomic mass is 32.2. The Morgan fingerprint density at radius 1 is 1.56 bits per heavy atom. The third-order valence-corrected chi connectivity index (χ3v) is 4.02. The largest absolute Gasteiger partial charge is 0.329 e. The van der Waals surface area contributed by atoms with Gasteiger partial charge in [-0.05, 0) is 30.8 Å². The fourth-order valence-corrected chi connectivity index (χ4v) is 2.48. The Kier molecular flexibility index (Phi) is 6.21. The van der Waals surface area contributed by atoms with Gasteiger partial charge >= 0.3 is 0 Å². The van der Waals surface area contributed by atoms with Crippen LogP contribution in [0.1, 0.15) is 33.1 Å². The van der Waals surface area contributed by atoms with Gasteiger partial charge in [0.15, 0.2) is 0 Å². The molecule has 1 aliphatic heterocycles. The van der Waals surface area contributed by atoms with Crippen LogP contribution in [0.2, 0.25) is 0 Å². The molecule has 2 unspecified atom stereocenters. The SMILES string of the molecule is CCC(C)C1NCN(CCCCSC)C1=O. The second-order valence-electron chi connectivity index (χ2n) is 4.53. The molecular weight excluding hydrogens is 220 g/mol. The van der Waals surface area contributed by atoms with Crippen LogP contribution in [-0.2, 0) is 4.79 Å². The number of amides is 1. The van der Waals surface area contributed by atoms with Crippen molar-refractivity contribution in [2.45, 2.75) is 39.2 Å². The molecule has 2 atom stereocenters. The van der Waals surface area contributed by atoms with E-state index < -0.39 is 0 Å². The number of rotatable bonds is 7. The monoisotopic (exact) mass is 244 g/mol. The minimum absolute atomic E-state index is 0.0607. The molecule has 1 aliphatic rings. The highest BCUT2D eigenvalue weighted by molar-refractivity contribution is 7.98. The lowest BCUT2D eigenvalue weighted by molar-refractivity contribution is -0.129. The number of thioether (sulfide) groups is 1. The zero-order valence-corrected chi connectivity index (χ0v) is 11.5. The summed E-state index contributed by atoms with van der Waals surface area (Å²) in [6.45, 7) is 5.94. The molecule has 3 nitrogen and oxygen atoms in total. The quantitative estimate of drug-likeness (QED) is 0.695. The molecule has 0 aliphatic carbocycles. The molecule has 1 fully saturated rings. The van der Waals surface area contributed by atoms with E-state index in [0.717, 1.165) is 26.1 Å². The summed E-state index contributed by atoms with van der Waals surface area (Å²) in [5, 5.41) is 3.32. The van der Waals surface area contributed by atoms with E-state index in [1.165, 1.54) is 12.2 Å². The van der Waals surface area contributed by atoms with E-state index in [1.807, 2.05) is 16.7 Å². The Morgan fingerprint density at radius 2 is 2.31 bits per heavy atom. The molecule has 94 valence electrons. The maximum atomic E-state index is 12.0. The van der Waals surface area contributed by atoms with Gasteiger partial charge in [0.25, 0.3) is 0 Å². The van der Waals surface area contributed by atoms with Gasteiger partial charge in [-0.15, -0.1) is 0 Å². The van der Waals surface area contributed by atoms with Crippen molar-refractivity contribution in [3.05, 3.63) is 0 Å². The molecule has 1 heterocycles. The molecule has 0 saturated carbocycles. The van der Waals surface area contributed by atoms with Crippen molar-refractivity contribution >= 4 is 17.7 Å². The third kappa shape index (κ3) is 3.67. The first-order chi connectivity index (χ1) is 7.70. The van der Waals surface area contributed by atoms with Gasteiger partial charge in [-0.3, -0.25) is 10.1 Å². The van der Waals surface area contributed by atoms with Gasteiger partial charge in [0.2, 0.25) is 5.91 Å². The lowest BCUT2D eigenvalue weighted by Gasteiger charge is -2.17.